The topological polar surface area (TPSA) is 101 Å². The van der Waals surface area contributed by atoms with Gasteiger partial charge in [0.2, 0.25) is 0 Å². The summed E-state index contributed by atoms with van der Waals surface area (Å²) in [5.74, 6) is 0.477. The highest BCUT2D eigenvalue weighted by Gasteiger charge is 2.39. The van der Waals surface area contributed by atoms with Crippen LogP contribution in [-0.2, 0) is 16.9 Å². The van der Waals surface area contributed by atoms with E-state index in [1.807, 2.05) is 0 Å². The van der Waals surface area contributed by atoms with Crippen LogP contribution in [0, 0.1) is 11.3 Å². The van der Waals surface area contributed by atoms with Crippen molar-refractivity contribution in [2.24, 2.45) is 0 Å². The average molecular weight is 556 g/mol. The summed E-state index contributed by atoms with van der Waals surface area (Å²) in [7, 11) is 0. The Labute approximate surface area is 225 Å². The Morgan fingerprint density at radius 1 is 1.13 bits per heavy atom. The first-order valence-electron chi connectivity index (χ1n) is 12.7. The van der Waals surface area contributed by atoms with E-state index in [9.17, 15) is 18.3 Å². The number of benzene rings is 2. The number of alkyl halides is 3. The molecule has 1 N–H and O–H groups in total. The zero-order valence-corrected chi connectivity index (χ0v) is 21.5. The molecule has 2 aromatic heterocycles. The van der Waals surface area contributed by atoms with Crippen LogP contribution in [-0.4, -0.2) is 27.7 Å². The lowest BCUT2D eigenvalue weighted by Gasteiger charge is -2.34. The lowest BCUT2D eigenvalue weighted by molar-refractivity contribution is -0.274. The number of aromatic nitrogens is 2. The molecule has 39 heavy (non-hydrogen) atoms. The molecule has 202 valence electrons. The number of aliphatic hydroxyl groups is 1. The lowest BCUT2D eigenvalue weighted by Crippen LogP contribution is -2.34. The molecule has 0 bridgehead atoms. The van der Waals surface area contributed by atoms with Gasteiger partial charge in [-0.05, 0) is 68.9 Å². The highest BCUT2D eigenvalue weighted by atomic mass is 32.1. The van der Waals surface area contributed by atoms with Crippen molar-refractivity contribution in [2.75, 3.05) is 0 Å². The fraction of sp³-hybridized carbons (Fsp3) is 0.393. The Bertz CT molecular complexity index is 1550. The van der Waals surface area contributed by atoms with E-state index in [4.69, 9.17) is 14.5 Å². The molecule has 2 aliphatic rings. The Balaban J connectivity index is 1.17. The van der Waals surface area contributed by atoms with Gasteiger partial charge in [-0.25, -0.2) is 4.98 Å². The second kappa shape index (κ2) is 9.93. The summed E-state index contributed by atoms with van der Waals surface area (Å²) in [4.78, 5) is 4.62. The normalized spacial score (nSPS) is 21.7. The standard InChI is InChI=1S/C28H24F3N3O4S/c29-28(30,31)37-22-4-2-1-3-19(22)24-20(25(38-34-24)17-6-7-17)15-36-18-9-11-27(35,12-10-18)26-33-21-8-5-16(14-32)13-23(21)39-26/h1-5,8,13,17-18,35H,6-7,9-12,15H2. The van der Waals surface area contributed by atoms with E-state index in [2.05, 4.69) is 20.9 Å². The summed E-state index contributed by atoms with van der Waals surface area (Å²) in [5.41, 5.74) is 1.34. The van der Waals surface area contributed by atoms with Gasteiger partial charge in [0.15, 0.2) is 0 Å². The van der Waals surface area contributed by atoms with E-state index >= 15 is 0 Å². The van der Waals surface area contributed by atoms with Crippen molar-refractivity contribution in [3.05, 3.63) is 64.4 Å². The van der Waals surface area contributed by atoms with Crippen molar-refractivity contribution in [3.8, 4) is 23.1 Å². The maximum atomic E-state index is 13.0. The maximum absolute atomic E-state index is 13.0. The Morgan fingerprint density at radius 3 is 2.62 bits per heavy atom. The second-order valence-electron chi connectivity index (χ2n) is 10.0. The van der Waals surface area contributed by atoms with E-state index in [1.54, 1.807) is 24.3 Å². The molecule has 4 aromatic rings. The SMILES string of the molecule is N#Cc1ccc2nc(C3(O)CCC(OCc4c(-c5ccccc5OC(F)(F)F)noc4C4CC4)CC3)sc2c1. The van der Waals surface area contributed by atoms with Gasteiger partial charge in [-0.1, -0.05) is 17.3 Å². The number of hydrogen-bond donors (Lipinski definition) is 1. The first-order valence-corrected chi connectivity index (χ1v) is 13.5. The minimum absolute atomic E-state index is 0.131. The molecule has 2 aromatic carbocycles. The molecule has 0 unspecified atom stereocenters. The van der Waals surface area contributed by atoms with Crippen LogP contribution in [0.15, 0.2) is 47.0 Å². The molecule has 2 saturated carbocycles. The largest absolute Gasteiger partial charge is 0.573 e. The summed E-state index contributed by atoms with van der Waals surface area (Å²) in [6.45, 7) is 0.131. The number of rotatable bonds is 7. The zero-order valence-electron chi connectivity index (χ0n) is 20.7. The molecule has 7 nitrogen and oxygen atoms in total. The van der Waals surface area contributed by atoms with Crippen LogP contribution in [0.4, 0.5) is 13.2 Å². The average Bonchev–Trinajstić information content (AvgIpc) is 3.52. The molecular weight excluding hydrogens is 531 g/mol. The van der Waals surface area contributed by atoms with E-state index < -0.39 is 12.0 Å². The molecule has 11 heteroatoms. The number of thiazole rings is 1. The van der Waals surface area contributed by atoms with Crippen LogP contribution in [0.5, 0.6) is 5.75 Å². The number of ether oxygens (including phenoxy) is 2. The molecule has 2 aliphatic carbocycles. The van der Waals surface area contributed by atoms with Gasteiger partial charge in [0.25, 0.3) is 0 Å². The predicted octanol–water partition coefficient (Wildman–Crippen LogP) is 6.95. The van der Waals surface area contributed by atoms with Crippen LogP contribution < -0.4 is 4.74 Å². The van der Waals surface area contributed by atoms with Gasteiger partial charge in [0, 0.05) is 17.0 Å². The van der Waals surface area contributed by atoms with Crippen molar-refractivity contribution in [2.45, 2.75) is 69.1 Å². The van der Waals surface area contributed by atoms with Crippen molar-refractivity contribution in [1.82, 2.24) is 10.1 Å². The molecule has 0 aliphatic heterocycles. The second-order valence-corrected chi connectivity index (χ2v) is 11.1. The minimum Gasteiger partial charge on any atom is -0.405 e. The molecular formula is C28H24F3N3O4S. The van der Waals surface area contributed by atoms with E-state index in [0.717, 1.165) is 23.1 Å². The number of fused-ring (bicyclic) bond motifs is 1. The fourth-order valence-electron chi connectivity index (χ4n) is 5.06. The van der Waals surface area contributed by atoms with Crippen LogP contribution in [0.3, 0.4) is 0 Å². The van der Waals surface area contributed by atoms with Crippen molar-refractivity contribution >= 4 is 21.6 Å². The maximum Gasteiger partial charge on any atom is 0.573 e. The number of hydrogen-bond acceptors (Lipinski definition) is 8. The highest BCUT2D eigenvalue weighted by molar-refractivity contribution is 7.18. The van der Waals surface area contributed by atoms with Crippen LogP contribution in [0.1, 0.15) is 66.3 Å². The Hall–Kier alpha value is -3.46. The van der Waals surface area contributed by atoms with Gasteiger partial charge in [-0.3, -0.25) is 0 Å². The number of nitrogens with zero attached hydrogens (tertiary/aromatic N) is 3. The lowest BCUT2D eigenvalue weighted by atomic mass is 9.83. The molecule has 2 heterocycles. The third-order valence-corrected chi connectivity index (χ3v) is 8.48. The molecule has 0 atom stereocenters. The first kappa shape index (κ1) is 25.8. The van der Waals surface area contributed by atoms with Gasteiger partial charge < -0.3 is 19.1 Å². The van der Waals surface area contributed by atoms with E-state index in [-0.39, 0.29) is 35.6 Å². The summed E-state index contributed by atoms with van der Waals surface area (Å²) < 4.78 is 56.0. The molecule has 0 saturated heterocycles. The van der Waals surface area contributed by atoms with E-state index in [0.29, 0.717) is 47.6 Å². The fourth-order valence-corrected chi connectivity index (χ4v) is 6.21. The summed E-state index contributed by atoms with van der Waals surface area (Å²) in [6.07, 6.45) is -1.05. The number of halogens is 3. The monoisotopic (exact) mass is 555 g/mol. The summed E-state index contributed by atoms with van der Waals surface area (Å²) in [5, 5.41) is 25.3. The van der Waals surface area contributed by atoms with E-state index in [1.165, 1.54) is 29.5 Å². The van der Waals surface area contributed by atoms with Crippen LogP contribution >= 0.6 is 11.3 Å². The summed E-state index contributed by atoms with van der Waals surface area (Å²) >= 11 is 1.40. The molecule has 0 radical (unpaired) electrons. The molecule has 0 amide bonds. The van der Waals surface area contributed by atoms with Gasteiger partial charge in [0.1, 0.15) is 27.8 Å². The molecule has 2 fully saturated rings. The Kier molecular flexibility index (Phi) is 6.57. The minimum atomic E-state index is -4.84. The van der Waals surface area contributed by atoms with Gasteiger partial charge in [-0.15, -0.1) is 24.5 Å². The summed E-state index contributed by atoms with van der Waals surface area (Å²) in [6, 6.07) is 13.3. The quantitative estimate of drug-likeness (QED) is 0.263. The van der Waals surface area contributed by atoms with Gasteiger partial charge in [-0.2, -0.15) is 5.26 Å². The number of nitriles is 1. The Morgan fingerprint density at radius 2 is 1.90 bits per heavy atom. The third-order valence-electron chi connectivity index (χ3n) is 7.27. The first-order chi connectivity index (χ1) is 18.7. The molecule has 6 rings (SSSR count). The third kappa shape index (κ3) is 5.37. The van der Waals surface area contributed by atoms with Gasteiger partial charge >= 0.3 is 6.36 Å². The van der Waals surface area contributed by atoms with Crippen molar-refractivity contribution in [3.63, 3.8) is 0 Å². The van der Waals surface area contributed by atoms with Crippen molar-refractivity contribution < 1.29 is 32.3 Å². The smallest absolute Gasteiger partial charge is 0.405 e. The zero-order chi connectivity index (χ0) is 27.2. The van der Waals surface area contributed by atoms with Gasteiger partial charge in [0.05, 0.1) is 34.6 Å². The van der Waals surface area contributed by atoms with Crippen LogP contribution in [0.25, 0.3) is 21.5 Å². The number of para-hydroxylation sites is 1. The highest BCUT2D eigenvalue weighted by Crippen LogP contribution is 2.46. The molecule has 0 spiro atoms. The van der Waals surface area contributed by atoms with Crippen molar-refractivity contribution in [1.29, 1.82) is 5.26 Å². The predicted molar refractivity (Wildman–Crippen MR) is 136 cm³/mol. The van der Waals surface area contributed by atoms with Crippen LogP contribution in [0.2, 0.25) is 0 Å².